The van der Waals surface area contributed by atoms with E-state index in [4.69, 9.17) is 0 Å². The minimum atomic E-state index is -4.07. The molecule has 90 valence electrons. The van der Waals surface area contributed by atoms with Crippen molar-refractivity contribution < 1.29 is 13.2 Å². The van der Waals surface area contributed by atoms with Gasteiger partial charge in [-0.05, 0) is 12.8 Å². The van der Waals surface area contributed by atoms with Crippen LogP contribution in [0.4, 0.5) is 13.2 Å². The average Bonchev–Trinajstić information content (AvgIpc) is 2.81. The first-order valence-electron chi connectivity index (χ1n) is 5.42. The number of rotatable bonds is 6. The van der Waals surface area contributed by atoms with Gasteiger partial charge < -0.3 is 5.32 Å². The van der Waals surface area contributed by atoms with Crippen molar-refractivity contribution in [3.63, 3.8) is 0 Å². The zero-order valence-corrected chi connectivity index (χ0v) is 9.27. The first kappa shape index (κ1) is 12.8. The van der Waals surface area contributed by atoms with Crippen LogP contribution in [0.25, 0.3) is 0 Å². The summed E-state index contributed by atoms with van der Waals surface area (Å²) in [5, 5.41) is 3.14. The summed E-state index contributed by atoms with van der Waals surface area (Å²) in [7, 11) is 0. The lowest BCUT2D eigenvalue weighted by Gasteiger charge is -2.23. The zero-order chi connectivity index (χ0) is 11.5. The summed E-state index contributed by atoms with van der Waals surface area (Å²) in [6, 6.07) is 0.498. The van der Waals surface area contributed by atoms with Gasteiger partial charge >= 0.3 is 6.18 Å². The van der Waals surface area contributed by atoms with Crippen LogP contribution in [0.3, 0.4) is 0 Å². The van der Waals surface area contributed by atoms with E-state index in [0.717, 1.165) is 12.8 Å². The van der Waals surface area contributed by atoms with Crippen molar-refractivity contribution >= 4 is 0 Å². The van der Waals surface area contributed by atoms with Gasteiger partial charge in [0.1, 0.15) is 0 Å². The maximum Gasteiger partial charge on any atom is 0.401 e. The molecule has 0 aromatic heterocycles. The Hall–Kier alpha value is -0.290. The highest BCUT2D eigenvalue weighted by Gasteiger charge is 2.37. The molecule has 0 amide bonds. The molecule has 0 aliphatic heterocycles. The molecule has 1 aliphatic carbocycles. The Bertz CT molecular complexity index is 188. The van der Waals surface area contributed by atoms with Gasteiger partial charge in [-0.2, -0.15) is 13.2 Å². The summed E-state index contributed by atoms with van der Waals surface area (Å²) >= 11 is 0. The predicted octanol–water partition coefficient (Wildman–Crippen LogP) is 2.01. The molecular weight excluding hydrogens is 205 g/mol. The van der Waals surface area contributed by atoms with E-state index in [0.29, 0.717) is 19.1 Å². The molecule has 0 aromatic carbocycles. The second-order valence-electron chi connectivity index (χ2n) is 4.43. The number of hydrogen-bond acceptors (Lipinski definition) is 2. The lowest BCUT2D eigenvalue weighted by Crippen LogP contribution is -2.41. The van der Waals surface area contributed by atoms with Crippen molar-refractivity contribution in [2.24, 2.45) is 0 Å². The van der Waals surface area contributed by atoms with E-state index in [1.54, 1.807) is 0 Å². The number of alkyl halides is 3. The number of nitrogens with zero attached hydrogens (tertiary/aromatic N) is 1. The maximum absolute atomic E-state index is 12.2. The van der Waals surface area contributed by atoms with Gasteiger partial charge in [-0.15, -0.1) is 0 Å². The van der Waals surface area contributed by atoms with Gasteiger partial charge in [0.15, 0.2) is 0 Å². The molecular formula is C10H19F3N2. The molecule has 15 heavy (non-hydrogen) atoms. The van der Waals surface area contributed by atoms with Crippen LogP contribution in [-0.2, 0) is 0 Å². The number of nitrogens with one attached hydrogen (secondary N) is 1. The van der Waals surface area contributed by atoms with E-state index < -0.39 is 12.7 Å². The molecule has 0 atom stereocenters. The standard InChI is InChI=1S/C10H19F3N2/c1-8(2)14-5-6-15(9-3-4-9)7-10(11,12)13/h8-9,14H,3-7H2,1-2H3. The fourth-order valence-corrected chi connectivity index (χ4v) is 1.56. The third-order valence-electron chi connectivity index (χ3n) is 2.40. The van der Waals surface area contributed by atoms with Crippen LogP contribution < -0.4 is 5.32 Å². The molecule has 0 saturated heterocycles. The average molecular weight is 224 g/mol. The van der Waals surface area contributed by atoms with E-state index in [1.165, 1.54) is 4.90 Å². The Morgan fingerprint density at radius 1 is 1.33 bits per heavy atom. The first-order chi connectivity index (χ1) is 6.88. The van der Waals surface area contributed by atoms with Gasteiger partial charge in [-0.3, -0.25) is 4.90 Å². The molecule has 1 fully saturated rings. The van der Waals surface area contributed by atoms with Gasteiger partial charge in [0.25, 0.3) is 0 Å². The van der Waals surface area contributed by atoms with E-state index >= 15 is 0 Å². The van der Waals surface area contributed by atoms with E-state index in [1.807, 2.05) is 13.8 Å². The Labute approximate surface area is 88.8 Å². The minimum Gasteiger partial charge on any atom is -0.313 e. The van der Waals surface area contributed by atoms with Crippen LogP contribution in [0, 0.1) is 0 Å². The van der Waals surface area contributed by atoms with E-state index in [9.17, 15) is 13.2 Å². The highest BCUT2D eigenvalue weighted by atomic mass is 19.4. The third-order valence-corrected chi connectivity index (χ3v) is 2.40. The molecule has 1 saturated carbocycles. The van der Waals surface area contributed by atoms with Gasteiger partial charge in [0.2, 0.25) is 0 Å². The maximum atomic E-state index is 12.2. The summed E-state index contributed by atoms with van der Waals surface area (Å²) < 4.78 is 36.7. The Morgan fingerprint density at radius 2 is 1.93 bits per heavy atom. The molecule has 0 heterocycles. The predicted molar refractivity (Wildman–Crippen MR) is 53.8 cm³/mol. The zero-order valence-electron chi connectivity index (χ0n) is 9.27. The second-order valence-corrected chi connectivity index (χ2v) is 4.43. The molecule has 1 N–H and O–H groups in total. The smallest absolute Gasteiger partial charge is 0.313 e. The summed E-state index contributed by atoms with van der Waals surface area (Å²) in [5.74, 6) is 0. The van der Waals surface area contributed by atoms with Crippen molar-refractivity contribution in [1.82, 2.24) is 10.2 Å². The molecule has 5 heteroatoms. The minimum absolute atomic E-state index is 0.167. The molecule has 1 aliphatic rings. The topological polar surface area (TPSA) is 15.3 Å². The van der Waals surface area contributed by atoms with Gasteiger partial charge in [0, 0.05) is 25.2 Å². The first-order valence-corrected chi connectivity index (χ1v) is 5.42. The summed E-state index contributed by atoms with van der Waals surface area (Å²) in [5.41, 5.74) is 0. The molecule has 0 aromatic rings. The van der Waals surface area contributed by atoms with Crippen LogP contribution in [0.2, 0.25) is 0 Å². The highest BCUT2D eigenvalue weighted by molar-refractivity contribution is 4.86. The summed E-state index contributed by atoms with van der Waals surface area (Å²) in [4.78, 5) is 1.54. The Morgan fingerprint density at radius 3 is 2.33 bits per heavy atom. The fraction of sp³-hybridized carbons (Fsp3) is 1.00. The monoisotopic (exact) mass is 224 g/mol. The lowest BCUT2D eigenvalue weighted by molar-refractivity contribution is -0.147. The molecule has 2 nitrogen and oxygen atoms in total. The lowest BCUT2D eigenvalue weighted by atomic mass is 10.3. The largest absolute Gasteiger partial charge is 0.401 e. The molecule has 0 unspecified atom stereocenters. The Balaban J connectivity index is 2.25. The molecule has 0 bridgehead atoms. The Kier molecular flexibility index (Phi) is 4.40. The number of hydrogen-bond donors (Lipinski definition) is 1. The van der Waals surface area contributed by atoms with Crippen molar-refractivity contribution in [2.45, 2.75) is 44.9 Å². The second kappa shape index (κ2) is 5.16. The third kappa shape index (κ3) is 5.99. The number of halogens is 3. The van der Waals surface area contributed by atoms with Crippen molar-refractivity contribution in [2.75, 3.05) is 19.6 Å². The van der Waals surface area contributed by atoms with E-state index in [2.05, 4.69) is 5.32 Å². The van der Waals surface area contributed by atoms with Gasteiger partial charge in [0.05, 0.1) is 6.54 Å². The van der Waals surface area contributed by atoms with Crippen LogP contribution >= 0.6 is 0 Å². The molecule has 0 radical (unpaired) electrons. The molecule has 1 rings (SSSR count). The van der Waals surface area contributed by atoms with Crippen molar-refractivity contribution in [1.29, 1.82) is 0 Å². The van der Waals surface area contributed by atoms with Crippen molar-refractivity contribution in [3.8, 4) is 0 Å². The summed E-state index contributed by atoms with van der Waals surface area (Å²) in [6.07, 6.45) is -2.24. The van der Waals surface area contributed by atoms with E-state index in [-0.39, 0.29) is 6.04 Å². The summed E-state index contributed by atoms with van der Waals surface area (Å²) in [6.45, 7) is 4.33. The van der Waals surface area contributed by atoms with Crippen LogP contribution in [0.5, 0.6) is 0 Å². The van der Waals surface area contributed by atoms with Crippen LogP contribution in [0.15, 0.2) is 0 Å². The SMILES string of the molecule is CC(C)NCCN(CC(F)(F)F)C1CC1. The van der Waals surface area contributed by atoms with Crippen LogP contribution in [0.1, 0.15) is 26.7 Å². The van der Waals surface area contributed by atoms with Crippen molar-refractivity contribution in [3.05, 3.63) is 0 Å². The fourth-order valence-electron chi connectivity index (χ4n) is 1.56. The highest BCUT2D eigenvalue weighted by Crippen LogP contribution is 2.29. The quantitative estimate of drug-likeness (QED) is 0.742. The van der Waals surface area contributed by atoms with Crippen LogP contribution in [-0.4, -0.2) is 42.8 Å². The normalized spacial score (nSPS) is 17.8. The van der Waals surface area contributed by atoms with Gasteiger partial charge in [-0.1, -0.05) is 13.8 Å². The molecule has 0 spiro atoms. The van der Waals surface area contributed by atoms with Gasteiger partial charge in [-0.25, -0.2) is 0 Å².